The van der Waals surface area contributed by atoms with Crippen LogP contribution >= 0.6 is 11.8 Å². The summed E-state index contributed by atoms with van der Waals surface area (Å²) in [6.07, 6.45) is 2.76. The van der Waals surface area contributed by atoms with Gasteiger partial charge < -0.3 is 9.84 Å². The van der Waals surface area contributed by atoms with E-state index < -0.39 is 6.10 Å². The van der Waals surface area contributed by atoms with Crippen LogP contribution in [0.1, 0.15) is 30.6 Å². The zero-order chi connectivity index (χ0) is 12.0. The third-order valence-corrected chi connectivity index (χ3v) is 3.13. The van der Waals surface area contributed by atoms with Crippen LogP contribution in [-0.2, 0) is 0 Å². The molecule has 90 valence electrons. The molecule has 1 atom stereocenters. The van der Waals surface area contributed by atoms with Crippen molar-refractivity contribution in [3.63, 3.8) is 0 Å². The molecule has 16 heavy (non-hydrogen) atoms. The van der Waals surface area contributed by atoms with E-state index in [1.165, 1.54) is 0 Å². The molecule has 0 amide bonds. The Morgan fingerprint density at radius 1 is 1.44 bits per heavy atom. The lowest BCUT2D eigenvalue weighted by atomic mass is 10.1. The van der Waals surface area contributed by atoms with Crippen molar-refractivity contribution in [2.24, 2.45) is 0 Å². The first-order chi connectivity index (χ1) is 7.65. The molecule has 1 aromatic carbocycles. The molecule has 0 aliphatic rings. The Morgan fingerprint density at radius 2 is 2.19 bits per heavy atom. The smallest absolute Gasteiger partial charge is 0.122 e. The maximum Gasteiger partial charge on any atom is 0.122 e. The van der Waals surface area contributed by atoms with Gasteiger partial charge in [-0.2, -0.15) is 11.8 Å². The summed E-state index contributed by atoms with van der Waals surface area (Å²) in [5.41, 5.74) is 2.02. The van der Waals surface area contributed by atoms with E-state index in [0.29, 0.717) is 0 Å². The Kier molecular flexibility index (Phi) is 5.71. The molecule has 0 fully saturated rings. The van der Waals surface area contributed by atoms with E-state index in [1.807, 2.05) is 36.9 Å². The summed E-state index contributed by atoms with van der Waals surface area (Å²) in [6.45, 7) is 4.54. The van der Waals surface area contributed by atoms with Crippen molar-refractivity contribution in [1.82, 2.24) is 0 Å². The quantitative estimate of drug-likeness (QED) is 0.774. The first-order valence-corrected chi connectivity index (χ1v) is 6.95. The third-order valence-electron chi connectivity index (χ3n) is 2.43. The molecule has 0 saturated heterocycles. The van der Waals surface area contributed by atoms with Crippen LogP contribution in [0.25, 0.3) is 0 Å². The van der Waals surface area contributed by atoms with Crippen LogP contribution in [0.5, 0.6) is 5.75 Å². The zero-order valence-electron chi connectivity index (χ0n) is 10.2. The average molecular weight is 240 g/mol. The first kappa shape index (κ1) is 13.4. The van der Waals surface area contributed by atoms with Crippen LogP contribution in [0.2, 0.25) is 0 Å². The fraction of sp³-hybridized carbons (Fsp3) is 0.538. The minimum Gasteiger partial charge on any atom is -0.493 e. The molecule has 0 saturated carbocycles. The minimum atomic E-state index is -0.413. The Labute approximate surface area is 102 Å². The van der Waals surface area contributed by atoms with Crippen LogP contribution < -0.4 is 4.74 Å². The molecule has 0 radical (unpaired) electrons. The average Bonchev–Trinajstić information content (AvgIpc) is 2.26. The number of thioether (sulfide) groups is 1. The van der Waals surface area contributed by atoms with Gasteiger partial charge in [0, 0.05) is 0 Å². The predicted molar refractivity (Wildman–Crippen MR) is 70.3 cm³/mol. The largest absolute Gasteiger partial charge is 0.493 e. The van der Waals surface area contributed by atoms with Gasteiger partial charge in [-0.1, -0.05) is 6.07 Å². The zero-order valence-corrected chi connectivity index (χ0v) is 11.0. The van der Waals surface area contributed by atoms with Crippen molar-refractivity contribution in [1.29, 1.82) is 0 Å². The van der Waals surface area contributed by atoms with Gasteiger partial charge in [0.15, 0.2) is 0 Å². The van der Waals surface area contributed by atoms with Gasteiger partial charge in [0.1, 0.15) is 5.75 Å². The second kappa shape index (κ2) is 6.81. The molecule has 3 heteroatoms. The molecule has 0 aliphatic heterocycles. The molecule has 0 unspecified atom stereocenters. The van der Waals surface area contributed by atoms with Crippen molar-refractivity contribution in [3.05, 3.63) is 29.3 Å². The van der Waals surface area contributed by atoms with Gasteiger partial charge >= 0.3 is 0 Å². The molecular weight excluding hydrogens is 220 g/mol. The lowest BCUT2D eigenvalue weighted by molar-refractivity contribution is 0.199. The minimum absolute atomic E-state index is 0.413. The van der Waals surface area contributed by atoms with Crippen molar-refractivity contribution in [2.45, 2.75) is 26.4 Å². The second-order valence-corrected chi connectivity index (χ2v) is 4.88. The highest BCUT2D eigenvalue weighted by Gasteiger charge is 2.04. The van der Waals surface area contributed by atoms with Gasteiger partial charge in [-0.25, -0.2) is 0 Å². The molecular formula is C13H20O2S. The Hall–Kier alpha value is -0.670. The third kappa shape index (κ3) is 4.06. The van der Waals surface area contributed by atoms with E-state index in [9.17, 15) is 5.11 Å². The highest BCUT2D eigenvalue weighted by Crippen LogP contribution is 2.22. The van der Waals surface area contributed by atoms with Gasteiger partial charge in [0.05, 0.1) is 12.7 Å². The molecule has 1 rings (SSSR count). The number of rotatable bonds is 6. The number of hydrogen-bond acceptors (Lipinski definition) is 3. The fourth-order valence-electron chi connectivity index (χ4n) is 1.48. The summed E-state index contributed by atoms with van der Waals surface area (Å²) in [5, 5.41) is 9.44. The molecule has 0 heterocycles. The highest BCUT2D eigenvalue weighted by molar-refractivity contribution is 7.98. The lowest BCUT2D eigenvalue weighted by Gasteiger charge is -2.11. The summed E-state index contributed by atoms with van der Waals surface area (Å²) in [6, 6.07) is 5.84. The molecule has 1 aromatic rings. The van der Waals surface area contributed by atoms with Crippen molar-refractivity contribution in [2.75, 3.05) is 18.6 Å². The van der Waals surface area contributed by atoms with Gasteiger partial charge in [-0.15, -0.1) is 0 Å². The van der Waals surface area contributed by atoms with E-state index in [1.54, 1.807) is 6.92 Å². The van der Waals surface area contributed by atoms with E-state index in [0.717, 1.165) is 35.7 Å². The van der Waals surface area contributed by atoms with Gasteiger partial charge in [0.25, 0.3) is 0 Å². The summed E-state index contributed by atoms with van der Waals surface area (Å²) >= 11 is 1.83. The number of aryl methyl sites for hydroxylation is 1. The fourth-order valence-corrected chi connectivity index (χ4v) is 1.89. The molecule has 0 aliphatic carbocycles. The van der Waals surface area contributed by atoms with Gasteiger partial charge in [0.2, 0.25) is 0 Å². The predicted octanol–water partition coefficient (Wildman–Crippen LogP) is 3.18. The summed E-state index contributed by atoms with van der Waals surface area (Å²) < 4.78 is 5.68. The standard InChI is InChI=1S/C13H20O2S/c1-10-9-12(11(2)14)5-6-13(10)15-7-4-8-16-3/h5-6,9,11,14H,4,7-8H2,1-3H3/t11-/m1/s1. The van der Waals surface area contributed by atoms with Crippen LogP contribution in [0, 0.1) is 6.92 Å². The van der Waals surface area contributed by atoms with Crippen LogP contribution in [-0.4, -0.2) is 23.7 Å². The van der Waals surface area contributed by atoms with Crippen LogP contribution in [0.4, 0.5) is 0 Å². The summed E-state index contributed by atoms with van der Waals surface area (Å²) in [4.78, 5) is 0. The Morgan fingerprint density at radius 3 is 2.75 bits per heavy atom. The number of benzene rings is 1. The van der Waals surface area contributed by atoms with Gasteiger partial charge in [-0.05, 0) is 55.5 Å². The van der Waals surface area contributed by atoms with Crippen LogP contribution in [0.3, 0.4) is 0 Å². The highest BCUT2D eigenvalue weighted by atomic mass is 32.2. The topological polar surface area (TPSA) is 29.5 Å². The normalized spacial score (nSPS) is 12.5. The first-order valence-electron chi connectivity index (χ1n) is 5.55. The second-order valence-electron chi connectivity index (χ2n) is 3.90. The van der Waals surface area contributed by atoms with Crippen molar-refractivity contribution in [3.8, 4) is 5.75 Å². The van der Waals surface area contributed by atoms with E-state index >= 15 is 0 Å². The number of ether oxygens (including phenoxy) is 1. The Balaban J connectivity index is 2.54. The summed E-state index contributed by atoms with van der Waals surface area (Å²) in [5.74, 6) is 2.05. The Bertz CT molecular complexity index is 324. The number of aliphatic hydroxyl groups excluding tert-OH is 1. The molecule has 1 N–H and O–H groups in total. The monoisotopic (exact) mass is 240 g/mol. The summed E-state index contributed by atoms with van der Waals surface area (Å²) in [7, 11) is 0. The molecule has 0 bridgehead atoms. The van der Waals surface area contributed by atoms with Crippen LogP contribution in [0.15, 0.2) is 18.2 Å². The van der Waals surface area contributed by atoms with Gasteiger partial charge in [-0.3, -0.25) is 0 Å². The van der Waals surface area contributed by atoms with E-state index in [4.69, 9.17) is 4.74 Å². The lowest BCUT2D eigenvalue weighted by Crippen LogP contribution is -2.01. The molecule has 0 aromatic heterocycles. The van der Waals surface area contributed by atoms with Crippen molar-refractivity contribution < 1.29 is 9.84 Å². The molecule has 0 spiro atoms. The van der Waals surface area contributed by atoms with Crippen molar-refractivity contribution >= 4 is 11.8 Å². The number of hydrogen-bond donors (Lipinski definition) is 1. The van der Waals surface area contributed by atoms with E-state index in [-0.39, 0.29) is 0 Å². The molecule has 2 nitrogen and oxygen atoms in total. The maximum atomic E-state index is 9.44. The SMILES string of the molecule is CSCCCOc1ccc([C@@H](C)O)cc1C. The number of aliphatic hydroxyl groups is 1. The van der Waals surface area contributed by atoms with E-state index in [2.05, 4.69) is 6.26 Å². The maximum absolute atomic E-state index is 9.44.